The number of aromatic amines is 1. The molecule has 0 aromatic carbocycles. The van der Waals surface area contributed by atoms with Gasteiger partial charge in [0.25, 0.3) is 0 Å². The van der Waals surface area contributed by atoms with Gasteiger partial charge in [-0.25, -0.2) is 8.63 Å². The number of hydrogen-bond donors (Lipinski definition) is 2. The van der Waals surface area contributed by atoms with Crippen molar-refractivity contribution in [3.05, 3.63) is 88.8 Å². The third-order valence-corrected chi connectivity index (χ3v) is 6.04. The van der Waals surface area contributed by atoms with Crippen LogP contribution < -0.4 is 4.81 Å². The third-order valence-electron chi connectivity index (χ3n) is 5.14. The van der Waals surface area contributed by atoms with Crippen LogP contribution >= 0.6 is 11.3 Å². The van der Waals surface area contributed by atoms with Gasteiger partial charge in [-0.15, -0.1) is 11.3 Å². The van der Waals surface area contributed by atoms with Gasteiger partial charge in [-0.3, -0.25) is 4.81 Å². The SMILES string of the molecule is COC1=CC=C(/C=C/C2C=C/C(=C/c3ccc(-c4cccs4)[nH]3)[NH+]2B(F)F)CC1. The smallest absolute Gasteiger partial charge is 0.501 e. The normalized spacial score (nSPS) is 22.9. The predicted molar refractivity (Wildman–Crippen MR) is 115 cm³/mol. The Morgan fingerprint density at radius 1 is 1.24 bits per heavy atom. The molecule has 7 heteroatoms. The monoisotopic (exact) mass is 411 g/mol. The van der Waals surface area contributed by atoms with Crippen molar-refractivity contribution in [1.82, 2.24) is 4.98 Å². The summed E-state index contributed by atoms with van der Waals surface area (Å²) in [4.78, 5) is 4.58. The number of ether oxygens (including phenoxy) is 1. The highest BCUT2D eigenvalue weighted by atomic mass is 32.1. The molecule has 4 rings (SSSR count). The lowest BCUT2D eigenvalue weighted by molar-refractivity contribution is -0.762. The van der Waals surface area contributed by atoms with Crippen molar-refractivity contribution in [2.45, 2.75) is 18.9 Å². The first-order chi connectivity index (χ1) is 14.1. The van der Waals surface area contributed by atoms with Crippen LogP contribution in [-0.2, 0) is 4.74 Å². The molecule has 2 aromatic rings. The maximum Gasteiger partial charge on any atom is 0.847 e. The van der Waals surface area contributed by atoms with E-state index in [9.17, 15) is 8.63 Å². The number of rotatable bonds is 6. The Morgan fingerprint density at radius 3 is 2.83 bits per heavy atom. The van der Waals surface area contributed by atoms with Crippen molar-refractivity contribution >= 4 is 24.8 Å². The van der Waals surface area contributed by atoms with Gasteiger partial charge in [0.1, 0.15) is 11.7 Å². The van der Waals surface area contributed by atoms with E-state index in [0.29, 0.717) is 5.70 Å². The van der Waals surface area contributed by atoms with E-state index in [-0.39, 0.29) is 10.9 Å². The predicted octanol–water partition coefficient (Wildman–Crippen LogP) is 4.64. The molecule has 0 radical (unpaired) electrons. The molecule has 3 nitrogen and oxygen atoms in total. The van der Waals surface area contributed by atoms with Crippen molar-refractivity contribution in [3.63, 3.8) is 0 Å². The molecular formula is C22H22BF2N2OS+. The summed E-state index contributed by atoms with van der Waals surface area (Å²) < 4.78 is 32.9. The van der Waals surface area contributed by atoms with Crippen LogP contribution in [-0.4, -0.2) is 25.5 Å². The molecule has 148 valence electrons. The molecule has 2 N–H and O–H groups in total. The first-order valence-corrected chi connectivity index (χ1v) is 10.4. The second-order valence-electron chi connectivity index (χ2n) is 6.98. The zero-order chi connectivity index (χ0) is 20.2. The van der Waals surface area contributed by atoms with E-state index in [0.717, 1.165) is 40.4 Å². The molecule has 2 aromatic heterocycles. The van der Waals surface area contributed by atoms with Gasteiger partial charge in [-0.1, -0.05) is 18.2 Å². The van der Waals surface area contributed by atoms with Gasteiger partial charge < -0.3 is 9.72 Å². The standard InChI is InChI=1S/C22H21BF2N2OS/c1-28-20-11-5-16(6-12-20)4-8-18-9-10-19(27(18)23(24)25)15-17-7-13-21(26-17)22-3-2-14-29-22/h2-5,7-11,13-15,18,26H,6,12H2,1H3/p+1/b8-4+,19-15-. The summed E-state index contributed by atoms with van der Waals surface area (Å²) in [5, 5.41) is 2.02. The van der Waals surface area contributed by atoms with Gasteiger partial charge in [0.15, 0.2) is 0 Å². The maximum absolute atomic E-state index is 13.8. The molecular weight excluding hydrogens is 389 g/mol. The zero-order valence-electron chi connectivity index (χ0n) is 16.1. The van der Waals surface area contributed by atoms with Crippen molar-refractivity contribution in [2.24, 2.45) is 0 Å². The number of nitrogens with one attached hydrogen (secondary N) is 2. The van der Waals surface area contributed by atoms with Gasteiger partial charge in [-0.05, 0) is 59.9 Å². The fourth-order valence-corrected chi connectivity index (χ4v) is 4.29. The van der Waals surface area contributed by atoms with Gasteiger partial charge in [0.05, 0.1) is 23.4 Å². The van der Waals surface area contributed by atoms with Crippen LogP contribution in [0.3, 0.4) is 0 Å². The zero-order valence-corrected chi connectivity index (χ0v) is 16.9. The first kappa shape index (κ1) is 19.7. The summed E-state index contributed by atoms with van der Waals surface area (Å²) in [7, 11) is -0.840. The summed E-state index contributed by atoms with van der Waals surface area (Å²) in [6.45, 7) is 0. The minimum Gasteiger partial charge on any atom is -0.501 e. The topological polar surface area (TPSA) is 29.5 Å². The average molecular weight is 411 g/mol. The minimum atomic E-state index is -2.50. The number of allylic oxidation sites excluding steroid dienone is 6. The van der Waals surface area contributed by atoms with Gasteiger partial charge in [0, 0.05) is 18.2 Å². The fourth-order valence-electron chi connectivity index (χ4n) is 3.58. The lowest BCUT2D eigenvalue weighted by Crippen LogP contribution is -3.16. The van der Waals surface area contributed by atoms with Gasteiger partial charge >= 0.3 is 7.40 Å². The Labute approximate surface area is 173 Å². The summed E-state index contributed by atoms with van der Waals surface area (Å²) in [6, 6.07) is 7.54. The summed E-state index contributed by atoms with van der Waals surface area (Å²) >= 11 is 1.64. The number of halogens is 2. The molecule has 29 heavy (non-hydrogen) atoms. The van der Waals surface area contributed by atoms with E-state index in [1.165, 1.54) is 0 Å². The van der Waals surface area contributed by atoms with Crippen molar-refractivity contribution in [1.29, 1.82) is 0 Å². The number of quaternary nitrogens is 1. The second-order valence-corrected chi connectivity index (χ2v) is 7.93. The fraction of sp³-hybridized carbons (Fsp3) is 0.182. The molecule has 0 spiro atoms. The Hall–Kier alpha value is -2.64. The van der Waals surface area contributed by atoms with Crippen LogP contribution in [0.1, 0.15) is 18.5 Å². The van der Waals surface area contributed by atoms with E-state index in [2.05, 4.69) is 4.98 Å². The molecule has 0 amide bonds. The van der Waals surface area contributed by atoms with Crippen LogP contribution in [0.4, 0.5) is 8.63 Å². The van der Waals surface area contributed by atoms with E-state index >= 15 is 0 Å². The molecule has 0 bridgehead atoms. The highest BCUT2D eigenvalue weighted by Gasteiger charge is 2.42. The van der Waals surface area contributed by atoms with Crippen molar-refractivity contribution < 1.29 is 18.2 Å². The lowest BCUT2D eigenvalue weighted by Gasteiger charge is -2.17. The van der Waals surface area contributed by atoms with Crippen LogP contribution in [0.25, 0.3) is 16.6 Å². The largest absolute Gasteiger partial charge is 0.847 e. The highest BCUT2D eigenvalue weighted by molar-refractivity contribution is 7.13. The Morgan fingerprint density at radius 2 is 2.14 bits per heavy atom. The van der Waals surface area contributed by atoms with Crippen LogP contribution in [0.15, 0.2) is 83.1 Å². The first-order valence-electron chi connectivity index (χ1n) is 9.54. The van der Waals surface area contributed by atoms with Crippen LogP contribution in [0, 0.1) is 0 Å². The number of thiophene rings is 1. The number of hydrogen-bond acceptors (Lipinski definition) is 2. The van der Waals surface area contributed by atoms with Gasteiger partial charge in [-0.2, -0.15) is 0 Å². The Bertz CT molecular complexity index is 1000. The van der Waals surface area contributed by atoms with Crippen LogP contribution in [0.2, 0.25) is 0 Å². The quantitative estimate of drug-likeness (QED) is 0.667. The molecule has 2 aliphatic rings. The van der Waals surface area contributed by atoms with Gasteiger partial charge in [0.2, 0.25) is 0 Å². The van der Waals surface area contributed by atoms with E-state index in [1.807, 2.05) is 60.0 Å². The van der Waals surface area contributed by atoms with E-state index in [4.69, 9.17) is 4.74 Å². The molecule has 1 aliphatic heterocycles. The lowest BCUT2D eigenvalue weighted by atomic mass is 10.0. The summed E-state index contributed by atoms with van der Waals surface area (Å²) in [6.07, 6.45) is 14.9. The molecule has 3 heterocycles. The summed E-state index contributed by atoms with van der Waals surface area (Å²) in [5.41, 5.74) is 3.52. The highest BCUT2D eigenvalue weighted by Crippen LogP contribution is 2.24. The molecule has 1 aliphatic carbocycles. The second kappa shape index (κ2) is 8.80. The van der Waals surface area contributed by atoms with E-state index in [1.54, 1.807) is 30.6 Å². The Kier molecular flexibility index (Phi) is 5.97. The third kappa shape index (κ3) is 4.52. The number of methoxy groups -OCH3 is 1. The molecule has 2 atom stereocenters. The summed E-state index contributed by atoms with van der Waals surface area (Å²) in [5.74, 6) is 0.945. The molecule has 0 saturated heterocycles. The molecule has 2 unspecified atom stereocenters. The minimum absolute atomic E-state index is 0.151. The number of aromatic nitrogens is 1. The molecule has 0 saturated carbocycles. The van der Waals surface area contributed by atoms with Crippen molar-refractivity contribution in [2.75, 3.05) is 7.11 Å². The average Bonchev–Trinajstić information content (AvgIpc) is 3.47. The molecule has 0 fully saturated rings. The maximum atomic E-state index is 13.8. The van der Waals surface area contributed by atoms with E-state index < -0.39 is 7.40 Å². The Balaban J connectivity index is 1.50. The number of H-pyrrole nitrogens is 1. The van der Waals surface area contributed by atoms with Crippen LogP contribution in [0.5, 0.6) is 0 Å². The van der Waals surface area contributed by atoms with Crippen molar-refractivity contribution in [3.8, 4) is 10.6 Å².